The first-order valence-electron chi connectivity index (χ1n) is 6.41. The maximum Gasteiger partial charge on any atom is 0.358 e. The van der Waals surface area contributed by atoms with Crippen molar-refractivity contribution in [3.8, 4) is 0 Å². The Balaban J connectivity index is 3.13. The highest BCUT2D eigenvalue weighted by atomic mass is 32.1. The van der Waals surface area contributed by atoms with Crippen molar-refractivity contribution >= 4 is 22.4 Å². The van der Waals surface area contributed by atoms with Crippen molar-refractivity contribution in [1.29, 1.82) is 0 Å². The van der Waals surface area contributed by atoms with Gasteiger partial charge in [-0.15, -0.1) is 11.3 Å². The fourth-order valence-electron chi connectivity index (χ4n) is 1.51. The quantitative estimate of drug-likeness (QED) is 0.838. The average molecular weight is 284 g/mol. The number of carbonyl (C=O) groups excluding carboxylic acids is 1. The summed E-state index contributed by atoms with van der Waals surface area (Å²) in [5, 5.41) is 0.409. The number of rotatable bonds is 2. The van der Waals surface area contributed by atoms with Crippen LogP contribution in [0.2, 0.25) is 0 Å². The summed E-state index contributed by atoms with van der Waals surface area (Å²) in [4.78, 5) is 17.2. The predicted octanol–water partition coefficient (Wildman–Crippen LogP) is 3.83. The Labute approximate surface area is 119 Å². The number of ether oxygens (including phenoxy) is 1. The highest BCUT2D eigenvalue weighted by molar-refractivity contribution is 7.15. The molecule has 1 unspecified atom stereocenters. The molecule has 0 saturated heterocycles. The Kier molecular flexibility index (Phi) is 4.30. The Hall–Kier alpha value is -1.10. The summed E-state index contributed by atoms with van der Waals surface area (Å²) in [6.45, 7) is 14.0. The minimum absolute atomic E-state index is 0.0374. The summed E-state index contributed by atoms with van der Waals surface area (Å²) >= 11 is 1.37. The number of esters is 1. The molecule has 0 saturated carbocycles. The Morgan fingerprint density at radius 2 is 1.79 bits per heavy atom. The number of hydrogen-bond donors (Lipinski definition) is 1. The van der Waals surface area contributed by atoms with Crippen LogP contribution in [0.25, 0.3) is 0 Å². The molecule has 0 aliphatic heterocycles. The first-order valence-corrected chi connectivity index (χ1v) is 7.23. The molecule has 5 heteroatoms. The van der Waals surface area contributed by atoms with Crippen LogP contribution in [-0.4, -0.2) is 16.6 Å². The third kappa shape index (κ3) is 4.20. The van der Waals surface area contributed by atoms with Gasteiger partial charge in [0, 0.05) is 4.88 Å². The summed E-state index contributed by atoms with van der Waals surface area (Å²) < 4.78 is 5.39. The molecule has 19 heavy (non-hydrogen) atoms. The van der Waals surface area contributed by atoms with E-state index >= 15 is 0 Å². The van der Waals surface area contributed by atoms with Crippen LogP contribution in [0.15, 0.2) is 0 Å². The van der Waals surface area contributed by atoms with E-state index in [0.29, 0.717) is 10.8 Å². The number of thiazole rings is 1. The normalized spacial score (nSPS) is 14.3. The maximum atomic E-state index is 12.2. The van der Waals surface area contributed by atoms with E-state index in [1.807, 2.05) is 20.8 Å². The molecule has 1 heterocycles. The number of nitrogens with two attached hydrogens (primary N) is 1. The molecule has 0 aliphatic carbocycles. The second-order valence-corrected chi connectivity index (χ2v) is 7.92. The van der Waals surface area contributed by atoms with E-state index in [-0.39, 0.29) is 11.3 Å². The molecule has 2 N–H and O–H groups in total. The lowest BCUT2D eigenvalue weighted by molar-refractivity contribution is 0.00617. The van der Waals surface area contributed by atoms with Crippen molar-refractivity contribution in [2.45, 2.75) is 60.0 Å². The molecule has 0 amide bonds. The van der Waals surface area contributed by atoms with Crippen LogP contribution in [0.4, 0.5) is 5.13 Å². The van der Waals surface area contributed by atoms with E-state index in [4.69, 9.17) is 10.5 Å². The average Bonchev–Trinajstić information content (AvgIpc) is 2.55. The Morgan fingerprint density at radius 1 is 1.26 bits per heavy atom. The Bertz CT molecular complexity index is 467. The van der Waals surface area contributed by atoms with Gasteiger partial charge in [-0.2, -0.15) is 0 Å². The SMILES string of the molecule is CC(c1sc(N)nc1C(=O)OC(C)(C)C)C(C)(C)C. The van der Waals surface area contributed by atoms with E-state index in [1.54, 1.807) is 0 Å². The van der Waals surface area contributed by atoms with Crippen LogP contribution in [0.5, 0.6) is 0 Å². The summed E-state index contributed by atoms with van der Waals surface area (Å²) in [7, 11) is 0. The van der Waals surface area contributed by atoms with Gasteiger partial charge in [0.05, 0.1) is 0 Å². The third-order valence-electron chi connectivity index (χ3n) is 2.95. The standard InChI is InChI=1S/C14H24N2O2S/c1-8(13(2,3)4)10-9(16-12(15)19-10)11(17)18-14(5,6)7/h8H,1-7H3,(H2,15,16). The van der Waals surface area contributed by atoms with E-state index in [0.717, 1.165) is 4.88 Å². The van der Waals surface area contributed by atoms with Crippen molar-refractivity contribution < 1.29 is 9.53 Å². The molecule has 108 valence electrons. The van der Waals surface area contributed by atoms with Crippen molar-refractivity contribution in [2.24, 2.45) is 5.41 Å². The van der Waals surface area contributed by atoms with Gasteiger partial charge >= 0.3 is 5.97 Å². The van der Waals surface area contributed by atoms with Gasteiger partial charge in [-0.3, -0.25) is 0 Å². The van der Waals surface area contributed by atoms with E-state index in [2.05, 4.69) is 32.7 Å². The fraction of sp³-hybridized carbons (Fsp3) is 0.714. The van der Waals surface area contributed by atoms with E-state index in [9.17, 15) is 4.79 Å². The number of hydrogen-bond acceptors (Lipinski definition) is 5. The molecular weight excluding hydrogens is 260 g/mol. The monoisotopic (exact) mass is 284 g/mol. The first-order chi connectivity index (χ1) is 8.42. The number of nitrogen functional groups attached to an aromatic ring is 1. The summed E-state index contributed by atoms with van der Waals surface area (Å²) in [6, 6.07) is 0. The number of aromatic nitrogens is 1. The van der Waals surface area contributed by atoms with Gasteiger partial charge in [0.15, 0.2) is 10.8 Å². The van der Waals surface area contributed by atoms with Gasteiger partial charge < -0.3 is 10.5 Å². The van der Waals surface area contributed by atoms with E-state index in [1.165, 1.54) is 11.3 Å². The maximum absolute atomic E-state index is 12.2. The summed E-state index contributed by atoms with van der Waals surface area (Å²) in [5.41, 5.74) is 5.63. The molecule has 4 nitrogen and oxygen atoms in total. The molecule has 1 aromatic rings. The molecule has 0 aromatic carbocycles. The molecule has 1 rings (SSSR count). The summed E-state index contributed by atoms with van der Waals surface area (Å²) in [6.07, 6.45) is 0. The van der Waals surface area contributed by atoms with Crippen molar-refractivity contribution in [1.82, 2.24) is 4.98 Å². The van der Waals surface area contributed by atoms with Crippen LogP contribution >= 0.6 is 11.3 Å². The lowest BCUT2D eigenvalue weighted by Crippen LogP contribution is -2.25. The zero-order valence-electron chi connectivity index (χ0n) is 12.8. The topological polar surface area (TPSA) is 65.2 Å². The fourth-order valence-corrected chi connectivity index (χ4v) is 2.63. The first kappa shape index (κ1) is 16.0. The van der Waals surface area contributed by atoms with Gasteiger partial charge in [0.25, 0.3) is 0 Å². The number of carbonyl (C=O) groups is 1. The van der Waals surface area contributed by atoms with Crippen LogP contribution in [0.1, 0.15) is 69.7 Å². The second-order valence-electron chi connectivity index (χ2n) is 6.85. The number of nitrogens with zero attached hydrogens (tertiary/aromatic N) is 1. The molecular formula is C14H24N2O2S. The van der Waals surface area contributed by atoms with Gasteiger partial charge in [-0.25, -0.2) is 9.78 Å². The molecule has 1 atom stereocenters. The van der Waals surface area contributed by atoms with Crippen molar-refractivity contribution in [2.75, 3.05) is 5.73 Å². The lowest BCUT2D eigenvalue weighted by Gasteiger charge is -2.27. The smallest absolute Gasteiger partial charge is 0.358 e. The van der Waals surface area contributed by atoms with Gasteiger partial charge in [0.2, 0.25) is 0 Å². The molecule has 1 aromatic heterocycles. The minimum Gasteiger partial charge on any atom is -0.455 e. The van der Waals surface area contributed by atoms with Crippen molar-refractivity contribution in [3.63, 3.8) is 0 Å². The molecule has 0 fully saturated rings. The molecule has 0 radical (unpaired) electrons. The van der Waals surface area contributed by atoms with Crippen molar-refractivity contribution in [3.05, 3.63) is 10.6 Å². The van der Waals surface area contributed by atoms with Crippen LogP contribution in [0.3, 0.4) is 0 Å². The highest BCUT2D eigenvalue weighted by Gasteiger charge is 2.31. The largest absolute Gasteiger partial charge is 0.455 e. The molecule has 0 bridgehead atoms. The third-order valence-corrected chi connectivity index (χ3v) is 4.02. The number of anilines is 1. The van der Waals surface area contributed by atoms with Crippen LogP contribution < -0.4 is 5.73 Å². The summed E-state index contributed by atoms with van der Waals surface area (Å²) in [5.74, 6) is -0.212. The molecule has 0 aliphatic rings. The lowest BCUT2D eigenvalue weighted by atomic mass is 9.81. The highest BCUT2D eigenvalue weighted by Crippen LogP contribution is 2.40. The predicted molar refractivity (Wildman–Crippen MR) is 79.6 cm³/mol. The van der Waals surface area contributed by atoms with Gasteiger partial charge in [0.1, 0.15) is 5.60 Å². The second kappa shape index (κ2) is 5.12. The minimum atomic E-state index is -0.530. The molecule has 0 spiro atoms. The zero-order chi connectivity index (χ0) is 15.0. The zero-order valence-corrected chi connectivity index (χ0v) is 13.6. The van der Waals surface area contributed by atoms with Crippen LogP contribution in [-0.2, 0) is 4.74 Å². The van der Waals surface area contributed by atoms with Gasteiger partial charge in [-0.1, -0.05) is 27.7 Å². The van der Waals surface area contributed by atoms with Gasteiger partial charge in [-0.05, 0) is 32.1 Å². The Morgan fingerprint density at radius 3 is 2.21 bits per heavy atom. The van der Waals surface area contributed by atoms with Crippen LogP contribution in [0, 0.1) is 5.41 Å². The van der Waals surface area contributed by atoms with E-state index < -0.39 is 11.6 Å².